The minimum Gasteiger partial charge on any atom is -0.310 e. The SMILES string of the molecule is c1ccc(C2(c3cccc(N(c4ccc(-c5cccc(-n6c7ccccc7c7ccccc76)c5)cc4)c4ccc5ccccc5c4)c3)c3ccccc3-c3ccccc32)cc1. The number of benzene rings is 10. The zero-order valence-corrected chi connectivity index (χ0v) is 33.5. The quantitative estimate of drug-likeness (QED) is 0.156. The van der Waals surface area contributed by atoms with Gasteiger partial charge in [-0.3, -0.25) is 0 Å². The summed E-state index contributed by atoms with van der Waals surface area (Å²) >= 11 is 0. The molecule has 0 fully saturated rings. The van der Waals surface area contributed by atoms with Crippen LogP contribution in [0.3, 0.4) is 0 Å². The minimum absolute atomic E-state index is 0.495. The highest BCUT2D eigenvalue weighted by atomic mass is 15.1. The summed E-state index contributed by atoms with van der Waals surface area (Å²) in [7, 11) is 0. The number of fused-ring (bicyclic) bond motifs is 7. The van der Waals surface area contributed by atoms with Gasteiger partial charge in [-0.15, -0.1) is 0 Å². The summed E-state index contributed by atoms with van der Waals surface area (Å²) in [4.78, 5) is 2.42. The summed E-state index contributed by atoms with van der Waals surface area (Å²) in [6.07, 6.45) is 0. The van der Waals surface area contributed by atoms with Gasteiger partial charge in [0.25, 0.3) is 0 Å². The Bertz CT molecular complexity index is 3330. The van der Waals surface area contributed by atoms with Gasteiger partial charge in [0, 0.05) is 33.5 Å². The normalized spacial score (nSPS) is 12.7. The standard InChI is InChI=1S/C59H40N2/c1-2-19-45(20-3-1)59(55-28-10-6-24-51(55)52-25-7-11-29-56(52)59)46-21-15-23-49(40-46)60(50-37-34-41-16-4-5-17-43(41)39-50)47-35-32-42(33-36-47)44-18-14-22-48(38-44)61-57-30-12-8-26-53(57)54-27-9-13-31-58(54)61/h1-40H. The van der Waals surface area contributed by atoms with Crippen molar-refractivity contribution in [2.24, 2.45) is 0 Å². The molecule has 0 N–H and O–H groups in total. The van der Waals surface area contributed by atoms with E-state index in [9.17, 15) is 0 Å². The van der Waals surface area contributed by atoms with Crippen molar-refractivity contribution in [2.45, 2.75) is 5.41 Å². The van der Waals surface area contributed by atoms with E-state index in [1.165, 1.54) is 77.1 Å². The Kier molecular flexibility index (Phi) is 8.11. The number of anilines is 3. The Balaban J connectivity index is 1.01. The number of hydrogen-bond donors (Lipinski definition) is 0. The predicted octanol–water partition coefficient (Wildman–Crippen LogP) is 15.4. The van der Waals surface area contributed by atoms with E-state index in [2.05, 4.69) is 252 Å². The van der Waals surface area contributed by atoms with Gasteiger partial charge in [-0.2, -0.15) is 0 Å². The summed E-state index contributed by atoms with van der Waals surface area (Å²) < 4.78 is 2.39. The summed E-state index contributed by atoms with van der Waals surface area (Å²) in [5.41, 5.74) is 16.4. The zero-order valence-electron chi connectivity index (χ0n) is 33.5. The lowest BCUT2D eigenvalue weighted by Gasteiger charge is -2.35. The first-order valence-corrected chi connectivity index (χ1v) is 21.1. The lowest BCUT2D eigenvalue weighted by Crippen LogP contribution is -2.28. The molecule has 0 saturated carbocycles. The highest BCUT2D eigenvalue weighted by molar-refractivity contribution is 6.09. The average molecular weight is 777 g/mol. The van der Waals surface area contributed by atoms with Gasteiger partial charge in [0.05, 0.1) is 16.4 Å². The molecular weight excluding hydrogens is 737 g/mol. The largest absolute Gasteiger partial charge is 0.310 e. The molecule has 2 heteroatoms. The van der Waals surface area contributed by atoms with Gasteiger partial charge in [-0.05, 0) is 116 Å². The molecule has 286 valence electrons. The second kappa shape index (κ2) is 14.1. The molecule has 0 atom stereocenters. The molecule has 1 heterocycles. The van der Waals surface area contributed by atoms with Gasteiger partial charge >= 0.3 is 0 Å². The van der Waals surface area contributed by atoms with Crippen LogP contribution in [0.2, 0.25) is 0 Å². The van der Waals surface area contributed by atoms with Crippen LogP contribution in [-0.2, 0) is 5.41 Å². The van der Waals surface area contributed by atoms with Crippen LogP contribution in [0.4, 0.5) is 17.1 Å². The topological polar surface area (TPSA) is 8.17 Å². The molecule has 2 nitrogen and oxygen atoms in total. The monoisotopic (exact) mass is 776 g/mol. The fraction of sp³-hybridized carbons (Fsp3) is 0.0169. The van der Waals surface area contributed by atoms with Gasteiger partial charge in [-0.1, -0.05) is 182 Å². The molecule has 1 aromatic heterocycles. The Morgan fingerprint density at radius 1 is 0.328 bits per heavy atom. The third-order valence-electron chi connectivity index (χ3n) is 12.8. The maximum Gasteiger partial charge on any atom is 0.0714 e. The Labute approximate surface area is 355 Å². The second-order valence-corrected chi connectivity index (χ2v) is 16.1. The van der Waals surface area contributed by atoms with Crippen molar-refractivity contribution < 1.29 is 0 Å². The van der Waals surface area contributed by atoms with Crippen molar-refractivity contribution >= 4 is 49.6 Å². The minimum atomic E-state index is -0.495. The van der Waals surface area contributed by atoms with E-state index in [-0.39, 0.29) is 0 Å². The molecule has 10 aromatic carbocycles. The Morgan fingerprint density at radius 3 is 1.61 bits per heavy atom. The summed E-state index contributed by atoms with van der Waals surface area (Å²) in [6, 6.07) is 89.1. The number of aromatic nitrogens is 1. The lowest BCUT2D eigenvalue weighted by molar-refractivity contribution is 0.768. The molecule has 0 spiro atoms. The molecule has 1 aliphatic rings. The van der Waals surface area contributed by atoms with Gasteiger partial charge in [-0.25, -0.2) is 0 Å². The van der Waals surface area contributed by atoms with Crippen LogP contribution in [0.25, 0.3) is 60.5 Å². The van der Waals surface area contributed by atoms with Crippen molar-refractivity contribution in [1.82, 2.24) is 4.57 Å². The van der Waals surface area contributed by atoms with Crippen LogP contribution in [0.1, 0.15) is 22.3 Å². The van der Waals surface area contributed by atoms with E-state index < -0.39 is 5.41 Å². The molecule has 0 bridgehead atoms. The summed E-state index contributed by atoms with van der Waals surface area (Å²) in [5, 5.41) is 4.96. The van der Waals surface area contributed by atoms with E-state index in [1.54, 1.807) is 0 Å². The molecule has 11 aromatic rings. The first kappa shape index (κ1) is 35.0. The number of hydrogen-bond acceptors (Lipinski definition) is 1. The zero-order chi connectivity index (χ0) is 40.3. The highest BCUT2D eigenvalue weighted by Crippen LogP contribution is 2.56. The fourth-order valence-corrected chi connectivity index (χ4v) is 10.2. The van der Waals surface area contributed by atoms with Crippen molar-refractivity contribution in [3.8, 4) is 27.9 Å². The third kappa shape index (κ3) is 5.50. The molecular formula is C59H40N2. The average Bonchev–Trinajstić information content (AvgIpc) is 3.83. The molecule has 0 amide bonds. The number of rotatable bonds is 7. The molecule has 0 radical (unpaired) electrons. The molecule has 0 saturated heterocycles. The first-order valence-electron chi connectivity index (χ1n) is 21.1. The number of nitrogens with zero attached hydrogens (tertiary/aromatic N) is 2. The van der Waals surface area contributed by atoms with E-state index in [0.29, 0.717) is 0 Å². The fourth-order valence-electron chi connectivity index (χ4n) is 10.2. The van der Waals surface area contributed by atoms with Gasteiger partial charge in [0.1, 0.15) is 0 Å². The van der Waals surface area contributed by atoms with Gasteiger partial charge in [0.15, 0.2) is 0 Å². The maximum absolute atomic E-state index is 2.42. The van der Waals surface area contributed by atoms with E-state index in [0.717, 1.165) is 22.7 Å². The van der Waals surface area contributed by atoms with E-state index in [1.807, 2.05) is 0 Å². The van der Waals surface area contributed by atoms with Crippen molar-refractivity contribution in [2.75, 3.05) is 4.90 Å². The summed E-state index contributed by atoms with van der Waals surface area (Å²) in [5.74, 6) is 0. The van der Waals surface area contributed by atoms with Gasteiger partial charge in [0.2, 0.25) is 0 Å². The van der Waals surface area contributed by atoms with Crippen molar-refractivity contribution in [3.63, 3.8) is 0 Å². The predicted molar refractivity (Wildman–Crippen MR) is 256 cm³/mol. The second-order valence-electron chi connectivity index (χ2n) is 16.1. The first-order chi connectivity index (χ1) is 30.3. The molecule has 61 heavy (non-hydrogen) atoms. The van der Waals surface area contributed by atoms with Crippen LogP contribution in [-0.4, -0.2) is 4.57 Å². The van der Waals surface area contributed by atoms with Crippen molar-refractivity contribution in [1.29, 1.82) is 0 Å². The van der Waals surface area contributed by atoms with Crippen LogP contribution >= 0.6 is 0 Å². The van der Waals surface area contributed by atoms with E-state index >= 15 is 0 Å². The van der Waals surface area contributed by atoms with Gasteiger partial charge < -0.3 is 9.47 Å². The summed E-state index contributed by atoms with van der Waals surface area (Å²) in [6.45, 7) is 0. The third-order valence-corrected chi connectivity index (χ3v) is 12.8. The maximum atomic E-state index is 2.42. The number of para-hydroxylation sites is 2. The Morgan fingerprint density at radius 2 is 0.885 bits per heavy atom. The van der Waals surface area contributed by atoms with E-state index in [4.69, 9.17) is 0 Å². The highest BCUT2D eigenvalue weighted by Gasteiger charge is 2.46. The van der Waals surface area contributed by atoms with Crippen molar-refractivity contribution in [3.05, 3.63) is 265 Å². The Hall–Kier alpha value is -7.94. The molecule has 0 aliphatic heterocycles. The van der Waals surface area contributed by atoms with Crippen LogP contribution < -0.4 is 4.90 Å². The lowest BCUT2D eigenvalue weighted by atomic mass is 9.67. The smallest absolute Gasteiger partial charge is 0.0714 e. The molecule has 1 aliphatic carbocycles. The molecule has 0 unspecified atom stereocenters. The van der Waals surface area contributed by atoms with Crippen LogP contribution in [0, 0.1) is 0 Å². The molecule has 12 rings (SSSR count). The van der Waals surface area contributed by atoms with Crippen LogP contribution in [0.5, 0.6) is 0 Å². The van der Waals surface area contributed by atoms with Crippen LogP contribution in [0.15, 0.2) is 243 Å².